The highest BCUT2D eigenvalue weighted by molar-refractivity contribution is 9.10. The standard InChI is InChI=1S/C21H22BrFN9O7P/c1-9-15-12(11(3-27-9)6-36-10(2)33)4-29-40(35,39-15)37-7-13-16(34)21(22,23)20(8-24,38-13)14-5-28-18-17(25)30-19(26)31-32(14)18/h3,5,13,16,34H,4,6-7H2,1-2H3,(H,29,35)(H4,25,26,30,31)/t13-,16+,20+,21?,40?/m1/s1. The van der Waals surface area contributed by atoms with Gasteiger partial charge in [0.05, 0.1) is 18.5 Å². The van der Waals surface area contributed by atoms with Crippen LogP contribution in [-0.2, 0) is 42.1 Å². The molecular weight excluding hydrogens is 620 g/mol. The number of nitrogens with zero attached hydrogens (tertiary/aromatic N) is 6. The molecule has 0 bridgehead atoms. The molecule has 0 aromatic carbocycles. The molecule has 0 saturated carbocycles. The number of carbonyl (C=O) groups is 1. The summed E-state index contributed by atoms with van der Waals surface area (Å²) in [5.74, 6) is -0.749. The fourth-order valence-electron chi connectivity index (χ4n) is 4.35. The number of aliphatic hydroxyl groups excluding tert-OH is 1. The Morgan fingerprint density at radius 1 is 1.45 bits per heavy atom. The van der Waals surface area contributed by atoms with Gasteiger partial charge in [0.2, 0.25) is 16.1 Å². The van der Waals surface area contributed by atoms with Crippen LogP contribution in [-0.4, -0.2) is 59.0 Å². The van der Waals surface area contributed by atoms with Crippen LogP contribution >= 0.6 is 23.7 Å². The van der Waals surface area contributed by atoms with Crippen molar-refractivity contribution in [2.45, 2.75) is 49.4 Å². The third-order valence-corrected chi connectivity index (χ3v) is 8.83. The monoisotopic (exact) mass is 641 g/mol. The van der Waals surface area contributed by atoms with E-state index in [1.807, 2.05) is 0 Å². The average molecular weight is 642 g/mol. The number of aryl methyl sites for hydroxylation is 1. The van der Waals surface area contributed by atoms with Gasteiger partial charge in [0.1, 0.15) is 30.6 Å². The summed E-state index contributed by atoms with van der Waals surface area (Å²) in [7, 11) is -4.09. The first-order valence-electron chi connectivity index (χ1n) is 11.5. The number of alkyl halides is 2. The van der Waals surface area contributed by atoms with Crippen molar-refractivity contribution in [2.24, 2.45) is 0 Å². The van der Waals surface area contributed by atoms with Gasteiger partial charge in [-0.3, -0.25) is 14.3 Å². The average Bonchev–Trinajstić information content (AvgIpc) is 3.40. The largest absolute Gasteiger partial charge is 0.461 e. The fourth-order valence-corrected chi connectivity index (χ4v) is 6.42. The number of pyridine rings is 1. The van der Waals surface area contributed by atoms with Crippen molar-refractivity contribution in [1.82, 2.24) is 29.7 Å². The number of hydrogen-bond donors (Lipinski definition) is 4. The van der Waals surface area contributed by atoms with E-state index in [9.17, 15) is 19.7 Å². The molecule has 2 unspecified atom stereocenters. The summed E-state index contributed by atoms with van der Waals surface area (Å²) < 4.78 is 49.5. The molecule has 2 aliphatic rings. The van der Waals surface area contributed by atoms with Gasteiger partial charge < -0.3 is 30.6 Å². The number of ether oxygens (including phenoxy) is 2. The summed E-state index contributed by atoms with van der Waals surface area (Å²) >= 11 is 2.79. The number of imidazole rings is 1. The summed E-state index contributed by atoms with van der Waals surface area (Å²) in [6, 6.07) is 1.73. The van der Waals surface area contributed by atoms with E-state index in [1.165, 1.54) is 13.1 Å². The maximum absolute atomic E-state index is 16.1. The van der Waals surface area contributed by atoms with Gasteiger partial charge in [-0.15, -0.1) is 5.10 Å². The molecule has 2 aliphatic heterocycles. The van der Waals surface area contributed by atoms with Crippen molar-refractivity contribution in [3.8, 4) is 11.8 Å². The van der Waals surface area contributed by atoms with Crippen LogP contribution in [0.4, 0.5) is 16.2 Å². The number of hydrogen-bond acceptors (Lipinski definition) is 14. The number of anilines is 2. The van der Waals surface area contributed by atoms with E-state index in [2.05, 4.69) is 41.1 Å². The minimum atomic E-state index is -4.09. The predicted molar refractivity (Wildman–Crippen MR) is 136 cm³/mol. The van der Waals surface area contributed by atoms with Gasteiger partial charge >= 0.3 is 13.7 Å². The molecule has 1 saturated heterocycles. The number of halogens is 2. The Morgan fingerprint density at radius 3 is 2.90 bits per heavy atom. The molecule has 5 heterocycles. The Bertz CT molecular complexity index is 1620. The van der Waals surface area contributed by atoms with E-state index in [1.54, 1.807) is 13.0 Å². The highest BCUT2D eigenvalue weighted by Crippen LogP contribution is 2.55. The van der Waals surface area contributed by atoms with Crippen LogP contribution in [0.3, 0.4) is 0 Å². The zero-order valence-electron chi connectivity index (χ0n) is 20.9. The first-order chi connectivity index (χ1) is 18.8. The van der Waals surface area contributed by atoms with E-state index in [0.29, 0.717) is 16.8 Å². The van der Waals surface area contributed by atoms with Crippen LogP contribution in [0.25, 0.3) is 5.65 Å². The molecule has 0 amide bonds. The topological polar surface area (TPSA) is 235 Å². The number of nitrogen functional groups attached to an aromatic ring is 2. The zero-order valence-corrected chi connectivity index (χ0v) is 23.3. The highest BCUT2D eigenvalue weighted by Gasteiger charge is 2.69. The number of nitrogens with one attached hydrogen (secondary N) is 1. The lowest BCUT2D eigenvalue weighted by Gasteiger charge is -2.29. The van der Waals surface area contributed by atoms with Crippen LogP contribution in [0.1, 0.15) is 29.4 Å². The fraction of sp³-hybridized carbons (Fsp3) is 0.429. The number of aliphatic hydroxyl groups is 1. The molecular formula is C21H22BrFN9O7P. The SMILES string of the molecule is CC(=O)OCc1cnc(C)c2c1CNP(=O)(OC[C@H]1O[C@@](C#N)(c3cnc4c(N)nc(N)nn34)C(F)(Br)[C@H]1O)O2. The number of fused-ring (bicyclic) bond motifs is 2. The van der Waals surface area contributed by atoms with Crippen molar-refractivity contribution in [2.75, 3.05) is 18.1 Å². The van der Waals surface area contributed by atoms with Gasteiger partial charge in [0.25, 0.3) is 0 Å². The summed E-state index contributed by atoms with van der Waals surface area (Å²) in [5, 5.41) is 27.5. The Kier molecular flexibility index (Phi) is 6.93. The van der Waals surface area contributed by atoms with Crippen LogP contribution in [0.5, 0.6) is 5.75 Å². The number of nitriles is 1. The molecule has 212 valence electrons. The minimum Gasteiger partial charge on any atom is -0.461 e. The first kappa shape index (κ1) is 28.1. The van der Waals surface area contributed by atoms with E-state index in [4.69, 9.17) is 30.0 Å². The Morgan fingerprint density at radius 2 is 2.20 bits per heavy atom. The van der Waals surface area contributed by atoms with Crippen LogP contribution in [0.15, 0.2) is 12.4 Å². The van der Waals surface area contributed by atoms with E-state index in [-0.39, 0.29) is 42.0 Å². The highest BCUT2D eigenvalue weighted by atomic mass is 79.9. The smallest absolute Gasteiger partial charge is 0.459 e. The summed E-state index contributed by atoms with van der Waals surface area (Å²) in [5.41, 5.74) is 10.1. The molecule has 40 heavy (non-hydrogen) atoms. The zero-order chi connectivity index (χ0) is 29.0. The molecule has 5 atom stereocenters. The molecule has 0 radical (unpaired) electrons. The third kappa shape index (κ3) is 4.44. The Labute approximate surface area is 233 Å². The lowest BCUT2D eigenvalue weighted by molar-refractivity contribution is -0.142. The molecule has 5 rings (SSSR count). The van der Waals surface area contributed by atoms with Gasteiger partial charge in [-0.25, -0.2) is 23.5 Å². The molecule has 1 fully saturated rings. The van der Waals surface area contributed by atoms with Crippen molar-refractivity contribution in [1.29, 1.82) is 5.26 Å². The van der Waals surface area contributed by atoms with Gasteiger partial charge in [-0.1, -0.05) is 0 Å². The maximum atomic E-state index is 16.1. The molecule has 6 N–H and O–H groups in total. The van der Waals surface area contributed by atoms with Gasteiger partial charge in [0.15, 0.2) is 17.2 Å². The van der Waals surface area contributed by atoms with Gasteiger partial charge in [-0.2, -0.15) is 10.2 Å². The van der Waals surface area contributed by atoms with E-state index in [0.717, 1.165) is 10.7 Å². The summed E-state index contributed by atoms with van der Waals surface area (Å²) in [4.78, 5) is 23.2. The second-order valence-corrected chi connectivity index (χ2v) is 11.8. The first-order valence-corrected chi connectivity index (χ1v) is 13.9. The predicted octanol–water partition coefficient (Wildman–Crippen LogP) is 0.901. The lowest BCUT2D eigenvalue weighted by atomic mass is 9.94. The maximum Gasteiger partial charge on any atom is 0.459 e. The number of nitrogens with two attached hydrogens (primary N) is 2. The number of rotatable bonds is 6. The van der Waals surface area contributed by atoms with Crippen molar-refractivity contribution >= 4 is 47.1 Å². The number of esters is 1. The second kappa shape index (κ2) is 9.87. The molecule has 3 aromatic rings. The quantitative estimate of drug-likeness (QED) is 0.166. The lowest BCUT2D eigenvalue weighted by Crippen LogP contribution is -2.46. The molecule has 0 spiro atoms. The molecule has 16 nitrogen and oxygen atoms in total. The molecule has 3 aromatic heterocycles. The third-order valence-electron chi connectivity index (χ3n) is 6.35. The van der Waals surface area contributed by atoms with Crippen molar-refractivity contribution in [3.63, 3.8) is 0 Å². The van der Waals surface area contributed by atoms with Crippen LogP contribution < -0.4 is 21.1 Å². The summed E-state index contributed by atoms with van der Waals surface area (Å²) in [6.07, 6.45) is -0.940. The van der Waals surface area contributed by atoms with E-state index >= 15 is 4.39 Å². The van der Waals surface area contributed by atoms with Crippen LogP contribution in [0.2, 0.25) is 0 Å². The van der Waals surface area contributed by atoms with Crippen molar-refractivity contribution < 1.29 is 37.4 Å². The molecule has 19 heteroatoms. The Hall–Kier alpha value is -3.46. The normalized spacial score (nSPS) is 29.5. The van der Waals surface area contributed by atoms with Crippen LogP contribution in [0, 0.1) is 18.3 Å². The second-order valence-electron chi connectivity index (χ2n) is 8.93. The van der Waals surface area contributed by atoms with Crippen molar-refractivity contribution in [3.05, 3.63) is 34.9 Å². The molecule has 0 aliphatic carbocycles. The minimum absolute atomic E-state index is 0.00135. The number of aromatic nitrogens is 5. The summed E-state index contributed by atoms with van der Waals surface area (Å²) in [6.45, 7) is 2.14. The van der Waals surface area contributed by atoms with E-state index < -0.39 is 42.7 Å². The number of carbonyl (C=O) groups excluding carboxylic acids is 1. The van der Waals surface area contributed by atoms with Gasteiger partial charge in [-0.05, 0) is 22.9 Å². The van der Waals surface area contributed by atoms with Gasteiger partial charge in [0, 0.05) is 30.8 Å². The Balaban J connectivity index is 1.39.